The first-order valence-electron chi connectivity index (χ1n) is 10.7. The van der Waals surface area contributed by atoms with Gasteiger partial charge in [0.05, 0.1) is 22.8 Å². The number of hydrogen-bond acceptors (Lipinski definition) is 2. The van der Waals surface area contributed by atoms with Crippen LogP contribution in [-0.2, 0) is 0 Å². The normalized spacial score (nSPS) is 15.4. The molecule has 0 N–H and O–H groups in total. The quantitative estimate of drug-likeness (QED) is 0.245. The first kappa shape index (κ1) is 21.3. The molecule has 0 aliphatic heterocycles. The molecular formula is C28H22Br2N2. The average molecular weight is 546 g/mol. The number of nitrogens with zero attached hydrogens (tertiary/aromatic N) is 2. The largest absolute Gasteiger partial charge is 0.246 e. The maximum atomic E-state index is 5.23. The summed E-state index contributed by atoms with van der Waals surface area (Å²) in [6.45, 7) is 6.50. The summed E-state index contributed by atoms with van der Waals surface area (Å²) in [5.41, 5.74) is 8.39. The second-order valence-corrected chi connectivity index (χ2v) is 10.2. The van der Waals surface area contributed by atoms with Gasteiger partial charge in [0, 0.05) is 25.5 Å². The van der Waals surface area contributed by atoms with E-state index in [1.54, 1.807) is 0 Å². The van der Waals surface area contributed by atoms with Gasteiger partial charge >= 0.3 is 0 Å². The Balaban J connectivity index is 1.82. The minimum atomic E-state index is 0.387. The van der Waals surface area contributed by atoms with Gasteiger partial charge in [-0.3, -0.25) is 0 Å². The number of hydrogen-bond donors (Lipinski definition) is 0. The van der Waals surface area contributed by atoms with E-state index in [0.717, 1.165) is 48.4 Å². The molecule has 0 heterocycles. The highest BCUT2D eigenvalue weighted by Crippen LogP contribution is 2.38. The third-order valence-electron chi connectivity index (χ3n) is 5.87. The summed E-state index contributed by atoms with van der Waals surface area (Å²) in [5, 5.41) is 2.43. The standard InChI is InChI=1S/C28H22Br2N2/c1-16(2)20-10-4-5-13-24(20)31-27-21-11-6-8-18-9-7-12-22(25(18)21)28(27)32-26-17(3)14-19(29)15-23(26)30/h4-16H,1-3H3. The van der Waals surface area contributed by atoms with E-state index in [0.29, 0.717) is 5.92 Å². The fourth-order valence-electron chi connectivity index (χ4n) is 4.36. The zero-order chi connectivity index (χ0) is 22.4. The van der Waals surface area contributed by atoms with E-state index in [9.17, 15) is 0 Å². The molecule has 1 aliphatic carbocycles. The molecule has 158 valence electrons. The van der Waals surface area contributed by atoms with Gasteiger partial charge in [0.25, 0.3) is 0 Å². The molecular weight excluding hydrogens is 524 g/mol. The van der Waals surface area contributed by atoms with Gasteiger partial charge in [-0.25, -0.2) is 9.98 Å². The van der Waals surface area contributed by atoms with Crippen LogP contribution in [0.1, 0.15) is 42.0 Å². The van der Waals surface area contributed by atoms with Crippen LogP contribution in [0.4, 0.5) is 11.4 Å². The van der Waals surface area contributed by atoms with Gasteiger partial charge in [0.1, 0.15) is 0 Å². The fraction of sp³-hybridized carbons (Fsp3) is 0.143. The van der Waals surface area contributed by atoms with E-state index in [2.05, 4.69) is 119 Å². The monoisotopic (exact) mass is 544 g/mol. The zero-order valence-corrected chi connectivity index (χ0v) is 21.3. The van der Waals surface area contributed by atoms with Gasteiger partial charge in [-0.05, 0) is 63.5 Å². The van der Waals surface area contributed by atoms with Crippen molar-refractivity contribution < 1.29 is 0 Å². The lowest BCUT2D eigenvalue weighted by Gasteiger charge is -2.11. The molecule has 0 saturated carbocycles. The van der Waals surface area contributed by atoms with Gasteiger partial charge in [-0.1, -0.05) is 84.4 Å². The number of rotatable bonds is 3. The van der Waals surface area contributed by atoms with Gasteiger partial charge in [0.15, 0.2) is 0 Å². The summed E-state index contributed by atoms with van der Waals surface area (Å²) in [5.74, 6) is 0.387. The van der Waals surface area contributed by atoms with Crippen molar-refractivity contribution in [3.05, 3.63) is 104 Å². The SMILES string of the molecule is Cc1cc(Br)cc(Br)c1N=C1C(=Nc2ccccc2C(C)C)c2cccc3cccc1c23. The van der Waals surface area contributed by atoms with Crippen LogP contribution >= 0.6 is 31.9 Å². The molecule has 0 spiro atoms. The Morgan fingerprint density at radius 3 is 2.06 bits per heavy atom. The molecule has 32 heavy (non-hydrogen) atoms. The summed E-state index contributed by atoms with van der Waals surface area (Å²) in [6, 6.07) is 25.4. The lowest BCUT2D eigenvalue weighted by atomic mass is 10.0. The molecule has 0 bridgehead atoms. The first-order valence-corrected chi connectivity index (χ1v) is 12.3. The average Bonchev–Trinajstić information content (AvgIpc) is 3.05. The molecule has 0 atom stereocenters. The Hall–Kier alpha value is -2.56. The third-order valence-corrected chi connectivity index (χ3v) is 6.93. The Labute approximate surface area is 205 Å². The van der Waals surface area contributed by atoms with Crippen molar-refractivity contribution in [2.75, 3.05) is 0 Å². The Morgan fingerprint density at radius 2 is 1.41 bits per heavy atom. The van der Waals surface area contributed by atoms with Crippen molar-refractivity contribution in [3.8, 4) is 0 Å². The predicted molar refractivity (Wildman–Crippen MR) is 143 cm³/mol. The van der Waals surface area contributed by atoms with Gasteiger partial charge in [-0.2, -0.15) is 0 Å². The highest BCUT2D eigenvalue weighted by atomic mass is 79.9. The summed E-state index contributed by atoms with van der Waals surface area (Å²) in [4.78, 5) is 10.4. The van der Waals surface area contributed by atoms with E-state index in [1.165, 1.54) is 16.3 Å². The summed E-state index contributed by atoms with van der Waals surface area (Å²) in [6.07, 6.45) is 0. The number of halogens is 2. The van der Waals surface area contributed by atoms with E-state index in [4.69, 9.17) is 9.98 Å². The van der Waals surface area contributed by atoms with E-state index >= 15 is 0 Å². The van der Waals surface area contributed by atoms with Crippen molar-refractivity contribution in [1.82, 2.24) is 0 Å². The van der Waals surface area contributed by atoms with Crippen molar-refractivity contribution in [2.45, 2.75) is 26.7 Å². The summed E-state index contributed by atoms with van der Waals surface area (Å²) < 4.78 is 1.99. The molecule has 4 heteroatoms. The molecule has 2 nitrogen and oxygen atoms in total. The lowest BCUT2D eigenvalue weighted by molar-refractivity contribution is 0.867. The highest BCUT2D eigenvalue weighted by Gasteiger charge is 2.28. The molecule has 0 amide bonds. The second-order valence-electron chi connectivity index (χ2n) is 8.40. The second kappa shape index (κ2) is 8.42. The number of aliphatic imine (C=N–C) groups is 2. The van der Waals surface area contributed by atoms with Crippen LogP contribution in [0.25, 0.3) is 10.8 Å². The smallest absolute Gasteiger partial charge is 0.0979 e. The van der Waals surface area contributed by atoms with Crippen LogP contribution in [-0.4, -0.2) is 11.4 Å². The number of para-hydroxylation sites is 1. The summed E-state index contributed by atoms with van der Waals surface area (Å²) in [7, 11) is 0. The molecule has 4 aromatic rings. The maximum absolute atomic E-state index is 5.23. The number of benzene rings is 4. The van der Waals surface area contributed by atoms with Crippen LogP contribution in [0.15, 0.2) is 91.7 Å². The highest BCUT2D eigenvalue weighted by molar-refractivity contribution is 9.11. The minimum Gasteiger partial charge on any atom is -0.246 e. The van der Waals surface area contributed by atoms with Crippen LogP contribution < -0.4 is 0 Å². The Morgan fingerprint density at radius 1 is 0.750 bits per heavy atom. The van der Waals surface area contributed by atoms with Crippen LogP contribution in [0.2, 0.25) is 0 Å². The molecule has 1 aliphatic rings. The predicted octanol–water partition coefficient (Wildman–Crippen LogP) is 9.05. The van der Waals surface area contributed by atoms with E-state index < -0.39 is 0 Å². The molecule has 0 radical (unpaired) electrons. The first-order chi connectivity index (χ1) is 15.4. The van der Waals surface area contributed by atoms with E-state index in [1.807, 2.05) is 6.07 Å². The molecule has 5 rings (SSSR count). The van der Waals surface area contributed by atoms with Crippen molar-refractivity contribution in [1.29, 1.82) is 0 Å². The molecule has 4 aromatic carbocycles. The van der Waals surface area contributed by atoms with Gasteiger partial charge in [0.2, 0.25) is 0 Å². The Bertz CT molecular complexity index is 1400. The lowest BCUT2D eigenvalue weighted by Crippen LogP contribution is -2.10. The van der Waals surface area contributed by atoms with Gasteiger partial charge in [-0.15, -0.1) is 0 Å². The van der Waals surface area contributed by atoms with Crippen LogP contribution in [0.5, 0.6) is 0 Å². The Kier molecular flexibility index (Phi) is 5.60. The third kappa shape index (κ3) is 3.66. The molecule has 0 unspecified atom stereocenters. The van der Waals surface area contributed by atoms with Crippen molar-refractivity contribution >= 4 is 65.4 Å². The molecule has 0 saturated heterocycles. The number of aryl methyl sites for hydroxylation is 1. The van der Waals surface area contributed by atoms with E-state index in [-0.39, 0.29) is 0 Å². The van der Waals surface area contributed by atoms with Crippen LogP contribution in [0, 0.1) is 6.92 Å². The van der Waals surface area contributed by atoms with Gasteiger partial charge < -0.3 is 0 Å². The summed E-state index contributed by atoms with van der Waals surface area (Å²) >= 11 is 7.30. The van der Waals surface area contributed by atoms with Crippen molar-refractivity contribution in [2.24, 2.45) is 9.98 Å². The maximum Gasteiger partial charge on any atom is 0.0979 e. The van der Waals surface area contributed by atoms with Crippen molar-refractivity contribution in [3.63, 3.8) is 0 Å². The van der Waals surface area contributed by atoms with Crippen LogP contribution in [0.3, 0.4) is 0 Å². The zero-order valence-electron chi connectivity index (χ0n) is 18.2. The minimum absolute atomic E-state index is 0.387. The fourth-order valence-corrected chi connectivity index (χ4v) is 5.89. The molecule has 0 aromatic heterocycles. The molecule has 0 fully saturated rings. The topological polar surface area (TPSA) is 24.7 Å².